The molecule has 24 heavy (non-hydrogen) atoms. The van der Waals surface area contributed by atoms with Crippen molar-refractivity contribution in [2.45, 2.75) is 19.4 Å². The van der Waals surface area contributed by atoms with Crippen LogP contribution in [0.3, 0.4) is 0 Å². The number of benzene rings is 1. The van der Waals surface area contributed by atoms with Crippen LogP contribution in [0.25, 0.3) is 11.3 Å². The van der Waals surface area contributed by atoms with Crippen molar-refractivity contribution in [3.05, 3.63) is 47.9 Å². The van der Waals surface area contributed by atoms with E-state index in [1.54, 1.807) is 18.0 Å². The molecule has 1 aliphatic heterocycles. The fourth-order valence-corrected chi connectivity index (χ4v) is 2.99. The quantitative estimate of drug-likeness (QED) is 0.886. The van der Waals surface area contributed by atoms with E-state index in [1.807, 2.05) is 30.3 Å². The van der Waals surface area contributed by atoms with E-state index in [0.29, 0.717) is 30.0 Å². The molecule has 2 aromatic rings. The van der Waals surface area contributed by atoms with Crippen LogP contribution in [-0.2, 0) is 0 Å². The molecule has 0 saturated carbocycles. The van der Waals surface area contributed by atoms with Crippen molar-refractivity contribution in [2.24, 2.45) is 5.92 Å². The van der Waals surface area contributed by atoms with Gasteiger partial charge in [0.15, 0.2) is 0 Å². The normalized spacial score (nSPS) is 20.9. The average Bonchev–Trinajstić information content (AvgIpc) is 2.61. The molecule has 1 aliphatic rings. The predicted octanol–water partition coefficient (Wildman–Crippen LogP) is 1.27. The molecule has 0 radical (unpaired) electrons. The molecular formula is C18H21N3O3. The van der Waals surface area contributed by atoms with Crippen molar-refractivity contribution < 1.29 is 15.0 Å². The zero-order valence-corrected chi connectivity index (χ0v) is 13.6. The van der Waals surface area contributed by atoms with E-state index in [1.165, 1.54) is 0 Å². The summed E-state index contributed by atoms with van der Waals surface area (Å²) in [5.41, 5.74) is 1.89. The van der Waals surface area contributed by atoms with Crippen molar-refractivity contribution >= 4 is 5.91 Å². The summed E-state index contributed by atoms with van der Waals surface area (Å²) in [5, 5.41) is 19.3. The minimum atomic E-state index is -0.709. The van der Waals surface area contributed by atoms with Crippen LogP contribution in [0.4, 0.5) is 0 Å². The van der Waals surface area contributed by atoms with Crippen LogP contribution in [-0.4, -0.2) is 56.8 Å². The molecule has 1 saturated heterocycles. The molecule has 3 rings (SSSR count). The molecule has 1 fully saturated rings. The number of rotatable bonds is 3. The molecule has 6 nitrogen and oxygen atoms in total. The Morgan fingerprint density at radius 2 is 2.08 bits per heavy atom. The fraction of sp³-hybridized carbons (Fsp3) is 0.389. The van der Waals surface area contributed by atoms with Gasteiger partial charge in [-0.15, -0.1) is 0 Å². The van der Waals surface area contributed by atoms with Crippen molar-refractivity contribution in [1.29, 1.82) is 0 Å². The molecule has 0 spiro atoms. The average molecular weight is 327 g/mol. The molecule has 1 aromatic heterocycles. The third-order valence-corrected chi connectivity index (χ3v) is 4.43. The summed E-state index contributed by atoms with van der Waals surface area (Å²) >= 11 is 0. The molecule has 126 valence electrons. The lowest BCUT2D eigenvalue weighted by Crippen LogP contribution is -2.47. The number of hydrogen-bond donors (Lipinski definition) is 2. The maximum atomic E-state index is 12.9. The van der Waals surface area contributed by atoms with Crippen molar-refractivity contribution in [2.75, 3.05) is 19.7 Å². The van der Waals surface area contributed by atoms with Crippen LogP contribution in [0.1, 0.15) is 22.6 Å². The number of carbonyl (C=O) groups excluding carboxylic acids is 1. The molecule has 1 amide bonds. The predicted molar refractivity (Wildman–Crippen MR) is 89.3 cm³/mol. The van der Waals surface area contributed by atoms with Gasteiger partial charge in [0.2, 0.25) is 0 Å². The number of aliphatic hydroxyl groups excluding tert-OH is 2. The van der Waals surface area contributed by atoms with Gasteiger partial charge in [-0.05, 0) is 13.3 Å². The highest BCUT2D eigenvalue weighted by atomic mass is 16.3. The Morgan fingerprint density at radius 3 is 2.75 bits per heavy atom. The topological polar surface area (TPSA) is 86.6 Å². The van der Waals surface area contributed by atoms with E-state index >= 15 is 0 Å². The summed E-state index contributed by atoms with van der Waals surface area (Å²) in [6, 6.07) is 9.53. The van der Waals surface area contributed by atoms with Gasteiger partial charge in [-0.2, -0.15) is 0 Å². The zero-order valence-electron chi connectivity index (χ0n) is 13.6. The molecule has 0 bridgehead atoms. The van der Waals surface area contributed by atoms with E-state index in [2.05, 4.69) is 9.97 Å². The highest BCUT2D eigenvalue weighted by Crippen LogP contribution is 2.25. The minimum Gasteiger partial charge on any atom is -0.396 e. The molecule has 0 aliphatic carbocycles. The standard InChI is InChI=1S/C18H21N3O3/c1-12-19-9-15(17(20-12)13-5-3-2-4-6-13)18(24)21-8-7-14(11-22)16(23)10-21/h2-6,9,14,16,22-23H,7-8,10-11H2,1H3/t14-,16-/m1/s1. The van der Waals surface area contributed by atoms with Gasteiger partial charge in [-0.3, -0.25) is 4.79 Å². The number of aromatic nitrogens is 2. The van der Waals surface area contributed by atoms with Gasteiger partial charge in [0, 0.05) is 37.4 Å². The lowest BCUT2D eigenvalue weighted by molar-refractivity contribution is 0.000871. The lowest BCUT2D eigenvalue weighted by Gasteiger charge is -2.35. The van der Waals surface area contributed by atoms with Crippen LogP contribution >= 0.6 is 0 Å². The van der Waals surface area contributed by atoms with Crippen LogP contribution in [0.5, 0.6) is 0 Å². The van der Waals surface area contributed by atoms with E-state index in [-0.39, 0.29) is 25.0 Å². The fourth-order valence-electron chi connectivity index (χ4n) is 2.99. The Hall–Kier alpha value is -2.31. The van der Waals surface area contributed by atoms with Gasteiger partial charge in [-0.1, -0.05) is 30.3 Å². The molecule has 2 heterocycles. The maximum absolute atomic E-state index is 12.9. The molecule has 6 heteroatoms. The smallest absolute Gasteiger partial charge is 0.257 e. The van der Waals surface area contributed by atoms with E-state index in [4.69, 9.17) is 0 Å². The summed E-state index contributed by atoms with van der Waals surface area (Å²) in [6.45, 7) is 2.44. The Balaban J connectivity index is 1.91. The number of carbonyl (C=O) groups is 1. The Labute approximate surface area is 140 Å². The van der Waals surface area contributed by atoms with E-state index in [9.17, 15) is 15.0 Å². The van der Waals surface area contributed by atoms with E-state index < -0.39 is 6.10 Å². The first-order chi connectivity index (χ1) is 11.6. The third kappa shape index (κ3) is 3.29. The molecule has 1 aromatic carbocycles. The Kier molecular flexibility index (Phi) is 4.87. The summed E-state index contributed by atoms with van der Waals surface area (Å²) in [7, 11) is 0. The van der Waals surface area contributed by atoms with Crippen LogP contribution in [0.15, 0.2) is 36.5 Å². The number of amides is 1. The summed E-state index contributed by atoms with van der Waals surface area (Å²) in [6.07, 6.45) is 1.42. The van der Waals surface area contributed by atoms with Crippen LogP contribution < -0.4 is 0 Å². The van der Waals surface area contributed by atoms with Gasteiger partial charge < -0.3 is 15.1 Å². The van der Waals surface area contributed by atoms with Crippen LogP contribution in [0, 0.1) is 12.8 Å². The van der Waals surface area contributed by atoms with Gasteiger partial charge in [-0.25, -0.2) is 9.97 Å². The highest BCUT2D eigenvalue weighted by molar-refractivity contribution is 5.99. The number of hydrogen-bond acceptors (Lipinski definition) is 5. The van der Waals surface area contributed by atoms with E-state index in [0.717, 1.165) is 5.56 Å². The number of nitrogens with zero attached hydrogens (tertiary/aromatic N) is 3. The minimum absolute atomic E-state index is 0.0634. The second-order valence-corrected chi connectivity index (χ2v) is 6.10. The highest BCUT2D eigenvalue weighted by Gasteiger charge is 2.31. The second-order valence-electron chi connectivity index (χ2n) is 6.10. The lowest BCUT2D eigenvalue weighted by atomic mass is 9.94. The Bertz CT molecular complexity index is 721. The SMILES string of the molecule is Cc1ncc(C(=O)N2CC[C@H](CO)[C@H](O)C2)c(-c2ccccc2)n1. The number of piperidine rings is 1. The number of likely N-dealkylation sites (tertiary alicyclic amines) is 1. The summed E-state index contributed by atoms with van der Waals surface area (Å²) in [4.78, 5) is 23.1. The molecule has 0 unspecified atom stereocenters. The first kappa shape index (κ1) is 16.5. The van der Waals surface area contributed by atoms with Gasteiger partial charge >= 0.3 is 0 Å². The number of β-amino-alcohol motifs (C(OH)–C–C–N with tert-alkyl or cyclic N) is 1. The molecular weight excluding hydrogens is 306 g/mol. The van der Waals surface area contributed by atoms with Gasteiger partial charge in [0.25, 0.3) is 5.91 Å². The third-order valence-electron chi connectivity index (χ3n) is 4.43. The monoisotopic (exact) mass is 327 g/mol. The largest absolute Gasteiger partial charge is 0.396 e. The number of aryl methyl sites for hydroxylation is 1. The first-order valence-electron chi connectivity index (χ1n) is 8.07. The second kappa shape index (κ2) is 7.07. The molecule has 2 N–H and O–H groups in total. The molecule has 2 atom stereocenters. The van der Waals surface area contributed by atoms with Gasteiger partial charge in [0.1, 0.15) is 5.82 Å². The zero-order chi connectivity index (χ0) is 17.1. The van der Waals surface area contributed by atoms with Crippen molar-refractivity contribution in [3.63, 3.8) is 0 Å². The number of aliphatic hydroxyl groups is 2. The van der Waals surface area contributed by atoms with Gasteiger partial charge in [0.05, 0.1) is 17.4 Å². The van der Waals surface area contributed by atoms with Crippen molar-refractivity contribution in [1.82, 2.24) is 14.9 Å². The summed E-state index contributed by atoms with van der Waals surface area (Å²) < 4.78 is 0. The first-order valence-corrected chi connectivity index (χ1v) is 8.07. The summed E-state index contributed by atoms with van der Waals surface area (Å²) in [5.74, 6) is 0.241. The van der Waals surface area contributed by atoms with Crippen molar-refractivity contribution in [3.8, 4) is 11.3 Å². The maximum Gasteiger partial charge on any atom is 0.257 e. The Morgan fingerprint density at radius 1 is 1.33 bits per heavy atom. The van der Waals surface area contributed by atoms with Crippen LogP contribution in [0.2, 0.25) is 0 Å².